The highest BCUT2D eigenvalue weighted by atomic mass is 16.5. The Labute approximate surface area is 116 Å². The Morgan fingerprint density at radius 3 is 2.30 bits per heavy atom. The van der Waals surface area contributed by atoms with Crippen LogP contribution in [0.15, 0.2) is 36.4 Å². The van der Waals surface area contributed by atoms with Crippen LogP contribution in [0.5, 0.6) is 17.2 Å². The van der Waals surface area contributed by atoms with Gasteiger partial charge in [0.1, 0.15) is 5.75 Å². The molecule has 4 heteroatoms. The summed E-state index contributed by atoms with van der Waals surface area (Å²) < 4.78 is 5.54. The first-order chi connectivity index (χ1) is 9.60. The molecule has 0 bridgehead atoms. The second-order valence-electron chi connectivity index (χ2n) is 5.09. The number of methoxy groups -OCH3 is 1. The highest BCUT2D eigenvalue weighted by Gasteiger charge is 2.34. The average Bonchev–Trinajstić information content (AvgIpc) is 2.78. The molecular formula is C16H16O4. The molecule has 0 amide bonds. The minimum absolute atomic E-state index is 0.0119. The van der Waals surface area contributed by atoms with E-state index in [1.807, 2.05) is 12.1 Å². The summed E-state index contributed by atoms with van der Waals surface area (Å²) in [4.78, 5) is 0. The Kier molecular flexibility index (Phi) is 3.03. The summed E-state index contributed by atoms with van der Waals surface area (Å²) in [7, 11) is 1.66. The SMILES string of the molecule is COC1Cc2cc(O)c(O)cc2C1c1ccc(O)cc1. The van der Waals surface area contributed by atoms with Gasteiger partial charge in [0.2, 0.25) is 0 Å². The van der Waals surface area contributed by atoms with Crippen LogP contribution < -0.4 is 0 Å². The Bertz CT molecular complexity index is 634. The summed E-state index contributed by atoms with van der Waals surface area (Å²) in [5.74, 6) is -0.0224. The molecule has 0 spiro atoms. The lowest BCUT2D eigenvalue weighted by Crippen LogP contribution is -2.17. The van der Waals surface area contributed by atoms with Crippen LogP contribution in [0, 0.1) is 0 Å². The predicted molar refractivity (Wildman–Crippen MR) is 74.2 cm³/mol. The van der Waals surface area contributed by atoms with Crippen molar-refractivity contribution in [2.45, 2.75) is 18.4 Å². The molecule has 0 aliphatic heterocycles. The van der Waals surface area contributed by atoms with Crippen LogP contribution in [-0.2, 0) is 11.2 Å². The van der Waals surface area contributed by atoms with Crippen molar-refractivity contribution in [1.29, 1.82) is 0 Å². The second kappa shape index (κ2) is 4.72. The van der Waals surface area contributed by atoms with Gasteiger partial charge in [0.05, 0.1) is 6.10 Å². The van der Waals surface area contributed by atoms with Gasteiger partial charge in [0.15, 0.2) is 11.5 Å². The van der Waals surface area contributed by atoms with Gasteiger partial charge >= 0.3 is 0 Å². The van der Waals surface area contributed by atoms with Gasteiger partial charge in [-0.1, -0.05) is 12.1 Å². The highest BCUT2D eigenvalue weighted by Crippen LogP contribution is 2.44. The summed E-state index contributed by atoms with van der Waals surface area (Å²) in [6.45, 7) is 0. The molecule has 2 unspecified atom stereocenters. The molecule has 0 radical (unpaired) electrons. The molecular weight excluding hydrogens is 256 g/mol. The molecule has 0 saturated heterocycles. The van der Waals surface area contributed by atoms with E-state index in [4.69, 9.17) is 4.74 Å². The van der Waals surface area contributed by atoms with E-state index in [2.05, 4.69) is 0 Å². The van der Waals surface area contributed by atoms with Gasteiger partial charge in [0.25, 0.3) is 0 Å². The topological polar surface area (TPSA) is 69.9 Å². The van der Waals surface area contributed by atoms with Gasteiger partial charge in [-0.15, -0.1) is 0 Å². The lowest BCUT2D eigenvalue weighted by molar-refractivity contribution is 0.0988. The van der Waals surface area contributed by atoms with E-state index in [0.29, 0.717) is 6.42 Å². The highest BCUT2D eigenvalue weighted by molar-refractivity contribution is 5.53. The van der Waals surface area contributed by atoms with Crippen molar-refractivity contribution in [3.05, 3.63) is 53.1 Å². The van der Waals surface area contributed by atoms with Crippen molar-refractivity contribution < 1.29 is 20.1 Å². The number of benzene rings is 2. The fraction of sp³-hybridized carbons (Fsp3) is 0.250. The number of phenolic OH excluding ortho intramolecular Hbond substituents is 3. The monoisotopic (exact) mass is 272 g/mol. The molecule has 1 aliphatic carbocycles. The summed E-state index contributed by atoms with van der Waals surface area (Å²) >= 11 is 0. The molecule has 2 atom stereocenters. The van der Waals surface area contributed by atoms with E-state index >= 15 is 0 Å². The molecule has 0 saturated carbocycles. The summed E-state index contributed by atoms with van der Waals surface area (Å²) in [6.07, 6.45) is 0.640. The lowest BCUT2D eigenvalue weighted by atomic mass is 9.91. The summed E-state index contributed by atoms with van der Waals surface area (Å²) in [5, 5.41) is 28.7. The predicted octanol–water partition coefficient (Wildman–Crippen LogP) is 2.51. The van der Waals surface area contributed by atoms with Crippen LogP contribution in [0.25, 0.3) is 0 Å². The zero-order valence-corrected chi connectivity index (χ0v) is 11.1. The van der Waals surface area contributed by atoms with Crippen molar-refractivity contribution in [2.75, 3.05) is 7.11 Å². The Balaban J connectivity index is 2.10. The van der Waals surface area contributed by atoms with E-state index in [-0.39, 0.29) is 29.3 Å². The van der Waals surface area contributed by atoms with E-state index in [1.165, 1.54) is 0 Å². The molecule has 2 aromatic carbocycles. The van der Waals surface area contributed by atoms with Crippen molar-refractivity contribution in [1.82, 2.24) is 0 Å². The molecule has 20 heavy (non-hydrogen) atoms. The van der Waals surface area contributed by atoms with Crippen LogP contribution in [0.2, 0.25) is 0 Å². The maximum atomic E-state index is 9.72. The second-order valence-corrected chi connectivity index (χ2v) is 5.09. The molecule has 1 aliphatic rings. The van der Waals surface area contributed by atoms with Gasteiger partial charge < -0.3 is 20.1 Å². The number of aromatic hydroxyl groups is 3. The smallest absolute Gasteiger partial charge is 0.157 e. The van der Waals surface area contributed by atoms with Crippen LogP contribution >= 0.6 is 0 Å². The first-order valence-electron chi connectivity index (χ1n) is 6.46. The van der Waals surface area contributed by atoms with Gasteiger partial charge in [-0.3, -0.25) is 0 Å². The fourth-order valence-corrected chi connectivity index (χ4v) is 2.93. The van der Waals surface area contributed by atoms with E-state index in [0.717, 1.165) is 16.7 Å². The van der Waals surface area contributed by atoms with Crippen LogP contribution in [0.4, 0.5) is 0 Å². The van der Waals surface area contributed by atoms with Crippen LogP contribution in [-0.4, -0.2) is 28.5 Å². The zero-order valence-electron chi connectivity index (χ0n) is 11.1. The Hall–Kier alpha value is -2.20. The standard InChI is InChI=1S/C16H16O4/c1-20-15-7-10-6-13(18)14(19)8-12(10)16(15)9-2-4-11(17)5-3-9/h2-6,8,15-19H,7H2,1H3. The van der Waals surface area contributed by atoms with Gasteiger partial charge in [-0.2, -0.15) is 0 Å². The number of ether oxygens (including phenoxy) is 1. The fourth-order valence-electron chi connectivity index (χ4n) is 2.93. The van der Waals surface area contributed by atoms with Gasteiger partial charge in [-0.25, -0.2) is 0 Å². The number of rotatable bonds is 2. The third kappa shape index (κ3) is 1.98. The number of hydrogen-bond acceptors (Lipinski definition) is 4. The Morgan fingerprint density at radius 1 is 1.00 bits per heavy atom. The van der Waals surface area contributed by atoms with Crippen molar-refractivity contribution in [3.8, 4) is 17.2 Å². The molecule has 104 valence electrons. The molecule has 0 heterocycles. The third-order valence-corrected chi connectivity index (χ3v) is 3.92. The van der Waals surface area contributed by atoms with Gasteiger partial charge in [0, 0.05) is 13.0 Å². The molecule has 0 fully saturated rings. The average molecular weight is 272 g/mol. The minimum Gasteiger partial charge on any atom is -0.508 e. The normalized spacial score (nSPS) is 20.9. The van der Waals surface area contributed by atoms with Gasteiger partial charge in [-0.05, 0) is 47.4 Å². The van der Waals surface area contributed by atoms with Crippen LogP contribution in [0.3, 0.4) is 0 Å². The van der Waals surface area contributed by atoms with E-state index in [9.17, 15) is 15.3 Å². The molecule has 2 aromatic rings. The number of phenols is 3. The first kappa shape index (κ1) is 12.8. The lowest BCUT2D eigenvalue weighted by Gasteiger charge is -2.20. The quantitative estimate of drug-likeness (QED) is 0.735. The maximum absolute atomic E-state index is 9.72. The molecule has 0 aromatic heterocycles. The third-order valence-electron chi connectivity index (χ3n) is 3.92. The largest absolute Gasteiger partial charge is 0.508 e. The van der Waals surface area contributed by atoms with Crippen molar-refractivity contribution in [2.24, 2.45) is 0 Å². The maximum Gasteiger partial charge on any atom is 0.157 e. The minimum atomic E-state index is -0.121. The summed E-state index contributed by atoms with van der Waals surface area (Å²) in [5.41, 5.74) is 2.95. The van der Waals surface area contributed by atoms with Crippen molar-refractivity contribution >= 4 is 0 Å². The molecule has 4 nitrogen and oxygen atoms in total. The number of hydrogen-bond donors (Lipinski definition) is 3. The first-order valence-corrected chi connectivity index (χ1v) is 6.46. The molecule has 3 rings (SSSR count). The van der Waals surface area contributed by atoms with Crippen LogP contribution in [0.1, 0.15) is 22.6 Å². The van der Waals surface area contributed by atoms with Crippen molar-refractivity contribution in [3.63, 3.8) is 0 Å². The van der Waals surface area contributed by atoms with E-state index in [1.54, 1.807) is 31.4 Å². The van der Waals surface area contributed by atoms with E-state index < -0.39 is 0 Å². The number of fused-ring (bicyclic) bond motifs is 1. The zero-order chi connectivity index (χ0) is 14.3. The Morgan fingerprint density at radius 2 is 1.65 bits per heavy atom. The molecule has 3 N–H and O–H groups in total. The summed E-state index contributed by atoms with van der Waals surface area (Å²) in [6, 6.07) is 10.2.